The molecular formula is C20H21N3O2S. The number of carbonyl (C=O) groups is 1. The van der Waals surface area contributed by atoms with Gasteiger partial charge in [-0.15, -0.1) is 0 Å². The van der Waals surface area contributed by atoms with E-state index in [1.54, 1.807) is 7.11 Å². The van der Waals surface area contributed by atoms with Crippen LogP contribution in [0.3, 0.4) is 0 Å². The number of hydrogen-bond acceptors (Lipinski definition) is 4. The van der Waals surface area contributed by atoms with Gasteiger partial charge in [0, 0.05) is 18.7 Å². The molecule has 1 saturated carbocycles. The molecule has 3 aromatic rings. The van der Waals surface area contributed by atoms with E-state index in [1.807, 2.05) is 41.3 Å². The fourth-order valence-corrected chi connectivity index (χ4v) is 3.73. The van der Waals surface area contributed by atoms with Crippen LogP contribution < -0.4 is 4.74 Å². The van der Waals surface area contributed by atoms with Gasteiger partial charge in [0.2, 0.25) is 5.91 Å². The maximum atomic E-state index is 12.8. The minimum atomic E-state index is 0.166. The number of carbonyl (C=O) groups excluding carboxylic acids is 1. The predicted octanol–water partition coefficient (Wildman–Crippen LogP) is 3.85. The van der Waals surface area contributed by atoms with Crippen molar-refractivity contribution in [2.45, 2.75) is 30.6 Å². The molecule has 0 atom stereocenters. The molecule has 6 heteroatoms. The van der Waals surface area contributed by atoms with Crippen molar-refractivity contribution in [2.75, 3.05) is 12.9 Å². The van der Waals surface area contributed by atoms with Crippen molar-refractivity contribution < 1.29 is 9.53 Å². The topological polar surface area (TPSA) is 58.2 Å². The molecule has 1 aliphatic carbocycles. The third-order valence-electron chi connectivity index (χ3n) is 4.50. The fourth-order valence-electron chi connectivity index (χ4n) is 2.96. The third kappa shape index (κ3) is 3.85. The fraction of sp³-hybridized carbons (Fsp3) is 0.300. The molecule has 134 valence electrons. The summed E-state index contributed by atoms with van der Waals surface area (Å²) in [7, 11) is 1.64. The number of hydrogen-bond donors (Lipinski definition) is 1. The molecule has 1 aromatic heterocycles. The number of aromatic amines is 1. The van der Waals surface area contributed by atoms with E-state index in [2.05, 4.69) is 22.1 Å². The maximum Gasteiger partial charge on any atom is 0.233 e. The molecule has 1 amide bonds. The molecule has 4 rings (SSSR count). The minimum Gasteiger partial charge on any atom is -0.497 e. The summed E-state index contributed by atoms with van der Waals surface area (Å²) in [6.45, 7) is 0.683. The van der Waals surface area contributed by atoms with Crippen LogP contribution in [0, 0.1) is 0 Å². The Morgan fingerprint density at radius 1 is 1.27 bits per heavy atom. The van der Waals surface area contributed by atoms with Gasteiger partial charge in [-0.25, -0.2) is 4.98 Å². The first kappa shape index (κ1) is 17.0. The lowest BCUT2D eigenvalue weighted by molar-refractivity contribution is -0.129. The monoisotopic (exact) mass is 367 g/mol. The SMILES string of the molecule is COc1ccc2nc(SCC(=O)N(Cc3ccccc3)C3CC3)[nH]c2c1. The highest BCUT2D eigenvalue weighted by atomic mass is 32.2. The van der Waals surface area contributed by atoms with Gasteiger partial charge in [-0.1, -0.05) is 42.1 Å². The number of imidazole rings is 1. The number of amides is 1. The number of nitrogens with one attached hydrogen (secondary N) is 1. The molecule has 0 saturated heterocycles. The largest absolute Gasteiger partial charge is 0.497 e. The van der Waals surface area contributed by atoms with E-state index in [4.69, 9.17) is 4.74 Å². The molecule has 1 N–H and O–H groups in total. The van der Waals surface area contributed by atoms with Crippen LogP contribution in [0.1, 0.15) is 18.4 Å². The lowest BCUT2D eigenvalue weighted by Gasteiger charge is -2.22. The van der Waals surface area contributed by atoms with E-state index < -0.39 is 0 Å². The zero-order valence-electron chi connectivity index (χ0n) is 14.6. The number of thioether (sulfide) groups is 1. The van der Waals surface area contributed by atoms with Gasteiger partial charge in [-0.05, 0) is 30.5 Å². The second kappa shape index (κ2) is 7.41. The van der Waals surface area contributed by atoms with Crippen molar-refractivity contribution in [2.24, 2.45) is 0 Å². The summed E-state index contributed by atoms with van der Waals surface area (Å²) in [4.78, 5) is 22.6. The van der Waals surface area contributed by atoms with Crippen LogP contribution in [0.15, 0.2) is 53.7 Å². The van der Waals surface area contributed by atoms with Crippen LogP contribution in [0.5, 0.6) is 5.75 Å². The number of benzene rings is 2. The van der Waals surface area contributed by atoms with Gasteiger partial charge in [0.1, 0.15) is 5.75 Å². The van der Waals surface area contributed by atoms with Crippen molar-refractivity contribution in [3.63, 3.8) is 0 Å². The van der Waals surface area contributed by atoms with Gasteiger partial charge in [0.25, 0.3) is 0 Å². The van der Waals surface area contributed by atoms with Gasteiger partial charge >= 0.3 is 0 Å². The highest BCUT2D eigenvalue weighted by molar-refractivity contribution is 7.99. The van der Waals surface area contributed by atoms with Crippen molar-refractivity contribution >= 4 is 28.7 Å². The van der Waals surface area contributed by atoms with E-state index in [0.29, 0.717) is 18.3 Å². The van der Waals surface area contributed by atoms with E-state index in [1.165, 1.54) is 17.3 Å². The molecular weight excluding hydrogens is 346 g/mol. The van der Waals surface area contributed by atoms with E-state index in [0.717, 1.165) is 34.8 Å². The average molecular weight is 367 g/mol. The Morgan fingerprint density at radius 2 is 2.08 bits per heavy atom. The molecule has 0 bridgehead atoms. The van der Waals surface area contributed by atoms with Crippen LogP contribution in [-0.2, 0) is 11.3 Å². The lowest BCUT2D eigenvalue weighted by Crippen LogP contribution is -2.33. The summed E-state index contributed by atoms with van der Waals surface area (Å²) in [5, 5.41) is 0.761. The Hall–Kier alpha value is -2.47. The summed E-state index contributed by atoms with van der Waals surface area (Å²) in [5.41, 5.74) is 2.97. The van der Waals surface area contributed by atoms with Crippen molar-refractivity contribution in [1.82, 2.24) is 14.9 Å². The summed E-state index contributed by atoms with van der Waals surface area (Å²) >= 11 is 1.45. The molecule has 5 nitrogen and oxygen atoms in total. The van der Waals surface area contributed by atoms with Gasteiger partial charge in [-0.2, -0.15) is 0 Å². The molecule has 2 aromatic carbocycles. The summed E-state index contributed by atoms with van der Waals surface area (Å²) in [6.07, 6.45) is 2.21. The Balaban J connectivity index is 1.42. The van der Waals surface area contributed by atoms with Crippen LogP contribution in [0.4, 0.5) is 0 Å². The molecule has 1 fully saturated rings. The summed E-state index contributed by atoms with van der Waals surface area (Å²) < 4.78 is 5.24. The highest BCUT2D eigenvalue weighted by Crippen LogP contribution is 2.30. The number of fused-ring (bicyclic) bond motifs is 1. The van der Waals surface area contributed by atoms with Gasteiger partial charge < -0.3 is 14.6 Å². The Morgan fingerprint density at radius 3 is 2.81 bits per heavy atom. The first-order valence-corrected chi connectivity index (χ1v) is 9.71. The minimum absolute atomic E-state index is 0.166. The van der Waals surface area contributed by atoms with Gasteiger partial charge in [-0.3, -0.25) is 4.79 Å². The van der Waals surface area contributed by atoms with Gasteiger partial charge in [0.05, 0.1) is 23.9 Å². The van der Waals surface area contributed by atoms with Crippen LogP contribution in [0.25, 0.3) is 11.0 Å². The van der Waals surface area contributed by atoms with Crippen molar-refractivity contribution in [3.05, 3.63) is 54.1 Å². The smallest absolute Gasteiger partial charge is 0.233 e. The molecule has 0 unspecified atom stereocenters. The second-order valence-electron chi connectivity index (χ2n) is 6.45. The summed E-state index contributed by atoms with van der Waals surface area (Å²) in [6, 6.07) is 16.3. The van der Waals surface area contributed by atoms with Crippen molar-refractivity contribution in [1.29, 1.82) is 0 Å². The first-order chi connectivity index (χ1) is 12.7. The Kier molecular flexibility index (Phi) is 4.84. The average Bonchev–Trinajstić information content (AvgIpc) is 3.43. The number of aromatic nitrogens is 2. The lowest BCUT2D eigenvalue weighted by atomic mass is 10.2. The number of methoxy groups -OCH3 is 1. The van der Waals surface area contributed by atoms with Gasteiger partial charge in [0.15, 0.2) is 5.16 Å². The molecule has 1 aliphatic rings. The van der Waals surface area contributed by atoms with Crippen LogP contribution in [-0.4, -0.2) is 39.7 Å². The zero-order chi connectivity index (χ0) is 17.9. The molecule has 26 heavy (non-hydrogen) atoms. The van der Waals surface area contributed by atoms with E-state index in [-0.39, 0.29) is 5.91 Å². The predicted molar refractivity (Wildman–Crippen MR) is 103 cm³/mol. The normalized spacial score (nSPS) is 13.7. The summed E-state index contributed by atoms with van der Waals surface area (Å²) in [5.74, 6) is 1.34. The number of H-pyrrole nitrogens is 1. The maximum absolute atomic E-state index is 12.8. The first-order valence-electron chi connectivity index (χ1n) is 8.73. The van der Waals surface area contributed by atoms with Crippen molar-refractivity contribution in [3.8, 4) is 5.75 Å². The van der Waals surface area contributed by atoms with Crippen LogP contribution in [0.2, 0.25) is 0 Å². The van der Waals surface area contributed by atoms with E-state index >= 15 is 0 Å². The van der Waals surface area contributed by atoms with Crippen LogP contribution >= 0.6 is 11.8 Å². The number of ether oxygens (including phenoxy) is 1. The number of nitrogens with zero attached hydrogens (tertiary/aromatic N) is 2. The second-order valence-corrected chi connectivity index (χ2v) is 7.42. The zero-order valence-corrected chi connectivity index (χ0v) is 15.5. The molecule has 0 spiro atoms. The Bertz CT molecular complexity index is 906. The molecule has 0 aliphatic heterocycles. The molecule has 0 radical (unpaired) electrons. The quantitative estimate of drug-likeness (QED) is 0.644. The number of rotatable bonds is 7. The standard InChI is InChI=1S/C20H21N3O2S/c1-25-16-9-10-17-18(11-16)22-20(21-17)26-13-19(24)23(15-7-8-15)12-14-5-3-2-4-6-14/h2-6,9-11,15H,7-8,12-13H2,1H3,(H,21,22). The van der Waals surface area contributed by atoms with E-state index in [9.17, 15) is 4.79 Å². The molecule has 1 heterocycles. The Labute approximate surface area is 156 Å². The highest BCUT2D eigenvalue weighted by Gasteiger charge is 2.32. The third-order valence-corrected chi connectivity index (χ3v) is 5.36.